The van der Waals surface area contributed by atoms with Gasteiger partial charge in [0.1, 0.15) is 10.8 Å². The van der Waals surface area contributed by atoms with Gasteiger partial charge in [0.15, 0.2) is 0 Å². The zero-order valence-corrected chi connectivity index (χ0v) is 11.2. The highest BCUT2D eigenvalue weighted by Gasteiger charge is 2.14. The Morgan fingerprint density at radius 3 is 2.70 bits per heavy atom. The summed E-state index contributed by atoms with van der Waals surface area (Å²) in [7, 11) is 0. The van der Waals surface area contributed by atoms with Crippen molar-refractivity contribution in [3.8, 4) is 0 Å². The topological polar surface area (TPSA) is 98.0 Å². The molecule has 20 heavy (non-hydrogen) atoms. The van der Waals surface area contributed by atoms with E-state index in [2.05, 4.69) is 15.3 Å². The van der Waals surface area contributed by atoms with E-state index in [0.717, 1.165) is 6.07 Å². The van der Waals surface area contributed by atoms with Gasteiger partial charge in [-0.25, -0.2) is 4.98 Å². The number of nitro groups is 1. The fourth-order valence-electron chi connectivity index (χ4n) is 1.36. The van der Waals surface area contributed by atoms with Crippen LogP contribution in [-0.4, -0.2) is 20.8 Å². The molecule has 0 aliphatic rings. The van der Waals surface area contributed by atoms with E-state index in [9.17, 15) is 14.9 Å². The molecule has 0 radical (unpaired) electrons. The van der Waals surface area contributed by atoms with Gasteiger partial charge in [0.2, 0.25) is 0 Å². The minimum atomic E-state index is -0.623. The molecule has 0 aliphatic carbocycles. The van der Waals surface area contributed by atoms with Crippen LogP contribution in [0.4, 0.5) is 11.4 Å². The molecular weight excluding hydrogens is 307 g/mol. The fraction of sp³-hybridized carbons (Fsp3) is 0. The van der Waals surface area contributed by atoms with E-state index < -0.39 is 10.8 Å². The molecule has 1 amide bonds. The fourth-order valence-corrected chi connectivity index (χ4v) is 1.67. The lowest BCUT2D eigenvalue weighted by Gasteiger charge is -2.06. The number of benzene rings is 1. The quantitative estimate of drug-likeness (QED) is 0.694. The minimum Gasteiger partial charge on any atom is -0.319 e. The molecule has 1 heterocycles. The molecular formula is C11H6Cl2N4O3. The van der Waals surface area contributed by atoms with Crippen molar-refractivity contribution >= 4 is 40.5 Å². The number of anilines is 1. The number of carbonyl (C=O) groups is 1. The minimum absolute atomic E-state index is 0.0277. The highest BCUT2D eigenvalue weighted by molar-refractivity contribution is 6.34. The van der Waals surface area contributed by atoms with E-state index in [-0.39, 0.29) is 27.2 Å². The highest BCUT2D eigenvalue weighted by atomic mass is 35.5. The van der Waals surface area contributed by atoms with Gasteiger partial charge in [-0.3, -0.25) is 19.9 Å². The summed E-state index contributed by atoms with van der Waals surface area (Å²) < 4.78 is 0. The molecule has 1 aromatic heterocycles. The van der Waals surface area contributed by atoms with Gasteiger partial charge in [0.25, 0.3) is 11.6 Å². The normalized spacial score (nSPS) is 10.1. The van der Waals surface area contributed by atoms with Crippen molar-refractivity contribution in [3.05, 3.63) is 56.6 Å². The van der Waals surface area contributed by atoms with Gasteiger partial charge in [-0.2, -0.15) is 0 Å². The second kappa shape index (κ2) is 5.81. The second-order valence-corrected chi connectivity index (χ2v) is 4.40. The van der Waals surface area contributed by atoms with Gasteiger partial charge in [-0.05, 0) is 6.07 Å². The molecule has 2 aromatic rings. The molecule has 0 saturated heterocycles. The Labute approximate surface area is 122 Å². The van der Waals surface area contributed by atoms with E-state index in [0.29, 0.717) is 0 Å². The van der Waals surface area contributed by atoms with Gasteiger partial charge >= 0.3 is 0 Å². The number of amides is 1. The first-order valence-corrected chi connectivity index (χ1v) is 5.96. The van der Waals surface area contributed by atoms with Gasteiger partial charge in [0.05, 0.1) is 28.0 Å². The number of rotatable bonds is 3. The molecule has 2 rings (SSSR count). The Morgan fingerprint density at radius 1 is 1.30 bits per heavy atom. The Kier molecular flexibility index (Phi) is 4.11. The van der Waals surface area contributed by atoms with E-state index in [1.807, 2.05) is 0 Å². The van der Waals surface area contributed by atoms with E-state index in [1.165, 1.54) is 24.5 Å². The maximum atomic E-state index is 11.9. The Bertz CT molecular complexity index is 693. The summed E-state index contributed by atoms with van der Waals surface area (Å²) in [5.74, 6) is -0.623. The standard InChI is InChI=1S/C11H6Cl2N4O3/c12-7-2-1-6(17(19)20)3-8(7)16-11(18)9-4-14-5-10(13)15-9/h1-5H,(H,16,18). The molecule has 0 fully saturated rings. The summed E-state index contributed by atoms with van der Waals surface area (Å²) in [6, 6.07) is 3.70. The van der Waals surface area contributed by atoms with Crippen LogP contribution >= 0.6 is 23.2 Å². The summed E-state index contributed by atoms with van der Waals surface area (Å²) in [5.41, 5.74) is -0.116. The van der Waals surface area contributed by atoms with Crippen LogP contribution in [0.15, 0.2) is 30.6 Å². The molecule has 0 spiro atoms. The third kappa shape index (κ3) is 3.19. The van der Waals surface area contributed by atoms with Crippen LogP contribution in [0.3, 0.4) is 0 Å². The number of carbonyl (C=O) groups excluding carboxylic acids is 1. The summed E-state index contributed by atoms with van der Waals surface area (Å²) in [6.07, 6.45) is 2.49. The van der Waals surface area contributed by atoms with Gasteiger partial charge in [-0.1, -0.05) is 23.2 Å². The van der Waals surface area contributed by atoms with Crippen LogP contribution in [0.1, 0.15) is 10.5 Å². The Balaban J connectivity index is 2.27. The second-order valence-electron chi connectivity index (χ2n) is 3.60. The zero-order chi connectivity index (χ0) is 14.7. The zero-order valence-electron chi connectivity index (χ0n) is 9.71. The number of aromatic nitrogens is 2. The Morgan fingerprint density at radius 2 is 2.05 bits per heavy atom. The van der Waals surface area contributed by atoms with Gasteiger partial charge < -0.3 is 5.32 Å². The first-order valence-electron chi connectivity index (χ1n) is 5.20. The van der Waals surface area contributed by atoms with E-state index in [1.54, 1.807) is 0 Å². The molecule has 1 aromatic carbocycles. The van der Waals surface area contributed by atoms with Crippen molar-refractivity contribution in [1.29, 1.82) is 0 Å². The maximum absolute atomic E-state index is 11.9. The average molecular weight is 313 g/mol. The largest absolute Gasteiger partial charge is 0.319 e. The van der Waals surface area contributed by atoms with Gasteiger partial charge in [0, 0.05) is 12.1 Å². The summed E-state index contributed by atoms with van der Waals surface area (Å²) >= 11 is 11.5. The molecule has 0 unspecified atom stereocenters. The van der Waals surface area contributed by atoms with Crippen molar-refractivity contribution in [2.24, 2.45) is 0 Å². The number of nitrogens with zero attached hydrogens (tertiary/aromatic N) is 3. The number of hydrogen-bond acceptors (Lipinski definition) is 5. The number of nitro benzene ring substituents is 1. The van der Waals surface area contributed by atoms with Crippen LogP contribution in [-0.2, 0) is 0 Å². The van der Waals surface area contributed by atoms with Crippen LogP contribution < -0.4 is 5.32 Å². The SMILES string of the molecule is O=C(Nc1cc([N+](=O)[O-])ccc1Cl)c1cncc(Cl)n1. The lowest BCUT2D eigenvalue weighted by molar-refractivity contribution is -0.384. The molecule has 9 heteroatoms. The van der Waals surface area contributed by atoms with E-state index in [4.69, 9.17) is 23.2 Å². The number of non-ortho nitro benzene ring substituents is 1. The molecule has 1 N–H and O–H groups in total. The number of hydrogen-bond donors (Lipinski definition) is 1. The lowest BCUT2D eigenvalue weighted by Crippen LogP contribution is -2.14. The molecule has 7 nitrogen and oxygen atoms in total. The molecule has 0 saturated carbocycles. The lowest BCUT2D eigenvalue weighted by atomic mass is 10.2. The maximum Gasteiger partial charge on any atom is 0.275 e. The predicted octanol–water partition coefficient (Wildman–Crippen LogP) is 2.94. The van der Waals surface area contributed by atoms with Gasteiger partial charge in [-0.15, -0.1) is 0 Å². The summed E-state index contributed by atoms with van der Waals surface area (Å²) in [4.78, 5) is 29.5. The Hall–Kier alpha value is -2.25. The van der Waals surface area contributed by atoms with Crippen molar-refractivity contribution in [3.63, 3.8) is 0 Å². The smallest absolute Gasteiger partial charge is 0.275 e. The molecule has 0 bridgehead atoms. The van der Waals surface area contributed by atoms with Crippen LogP contribution in [0, 0.1) is 10.1 Å². The van der Waals surface area contributed by atoms with Crippen molar-refractivity contribution in [2.45, 2.75) is 0 Å². The number of nitrogens with one attached hydrogen (secondary N) is 1. The molecule has 102 valence electrons. The van der Waals surface area contributed by atoms with Crippen molar-refractivity contribution in [2.75, 3.05) is 5.32 Å². The molecule has 0 atom stereocenters. The first-order chi connectivity index (χ1) is 9.47. The summed E-state index contributed by atoms with van der Waals surface area (Å²) in [6.45, 7) is 0. The number of halogens is 2. The van der Waals surface area contributed by atoms with Crippen LogP contribution in [0.25, 0.3) is 0 Å². The predicted molar refractivity (Wildman–Crippen MR) is 73.1 cm³/mol. The van der Waals surface area contributed by atoms with Crippen molar-refractivity contribution in [1.82, 2.24) is 9.97 Å². The first kappa shape index (κ1) is 14.2. The highest BCUT2D eigenvalue weighted by Crippen LogP contribution is 2.27. The van der Waals surface area contributed by atoms with Crippen LogP contribution in [0.2, 0.25) is 10.2 Å². The van der Waals surface area contributed by atoms with Crippen LogP contribution in [0.5, 0.6) is 0 Å². The monoisotopic (exact) mass is 312 g/mol. The van der Waals surface area contributed by atoms with Crippen molar-refractivity contribution < 1.29 is 9.72 Å². The average Bonchev–Trinajstić information content (AvgIpc) is 2.41. The molecule has 0 aliphatic heterocycles. The summed E-state index contributed by atoms with van der Waals surface area (Å²) in [5, 5.41) is 13.3. The third-order valence-corrected chi connectivity index (χ3v) is 2.76. The third-order valence-electron chi connectivity index (χ3n) is 2.25. The van der Waals surface area contributed by atoms with E-state index >= 15 is 0 Å².